The van der Waals surface area contributed by atoms with Crippen LogP contribution in [0.3, 0.4) is 0 Å². The Morgan fingerprint density at radius 3 is 2.57 bits per heavy atom. The summed E-state index contributed by atoms with van der Waals surface area (Å²) in [7, 11) is 0. The third-order valence-corrected chi connectivity index (χ3v) is 1.73. The van der Waals surface area contributed by atoms with Crippen LogP contribution in [0.4, 0.5) is 4.79 Å². The molecule has 0 bridgehead atoms. The van der Waals surface area contributed by atoms with E-state index in [-0.39, 0.29) is 13.2 Å². The van der Waals surface area contributed by atoms with Gasteiger partial charge in [-0.15, -0.1) is 0 Å². The molecular weight excluding hydrogens is 190 g/mol. The summed E-state index contributed by atoms with van der Waals surface area (Å²) in [5, 5.41) is 0. The van der Waals surface area contributed by atoms with Crippen LogP contribution in [-0.4, -0.2) is 43.3 Å². The quantitative estimate of drug-likeness (QED) is 0.374. The Morgan fingerprint density at radius 1 is 1.36 bits per heavy atom. The number of rotatable bonds is 4. The van der Waals surface area contributed by atoms with Crippen molar-refractivity contribution in [3.8, 4) is 0 Å². The van der Waals surface area contributed by atoms with E-state index in [1.165, 1.54) is 4.90 Å². The highest BCUT2D eigenvalue weighted by molar-refractivity contribution is 5.71. The van der Waals surface area contributed by atoms with Crippen molar-refractivity contribution >= 4 is 12.1 Å². The minimum Gasteiger partial charge on any atom is -0.464 e. The van der Waals surface area contributed by atoms with Gasteiger partial charge in [0, 0.05) is 13.1 Å². The molecule has 1 fully saturated rings. The maximum atomic E-state index is 11.0. The van der Waals surface area contributed by atoms with Crippen molar-refractivity contribution in [2.45, 2.75) is 13.3 Å². The fourth-order valence-electron chi connectivity index (χ4n) is 0.882. The first-order valence-corrected chi connectivity index (χ1v) is 4.48. The lowest BCUT2D eigenvalue weighted by atomic mass is 10.2. The van der Waals surface area contributed by atoms with Crippen LogP contribution >= 0.6 is 0 Å². The summed E-state index contributed by atoms with van der Waals surface area (Å²) < 4.78 is 4.56. The second-order valence-corrected chi connectivity index (χ2v) is 2.76. The number of esters is 1. The zero-order chi connectivity index (χ0) is 10.4. The molecule has 0 saturated carbocycles. The van der Waals surface area contributed by atoms with Gasteiger partial charge in [0.15, 0.2) is 6.61 Å². The number of carbonyl (C=O) groups excluding carboxylic acids is 2. The van der Waals surface area contributed by atoms with Gasteiger partial charge in [-0.2, -0.15) is 4.89 Å². The number of amides is 1. The Labute approximate surface area is 81.6 Å². The number of carbonyl (C=O) groups is 2. The minimum atomic E-state index is -0.555. The summed E-state index contributed by atoms with van der Waals surface area (Å²) in [5.41, 5.74) is 0. The van der Waals surface area contributed by atoms with Crippen molar-refractivity contribution in [1.82, 2.24) is 4.90 Å². The Hall–Kier alpha value is -1.30. The Morgan fingerprint density at radius 2 is 2.07 bits per heavy atom. The molecule has 0 radical (unpaired) electrons. The molecule has 0 atom stereocenters. The third kappa shape index (κ3) is 3.21. The fraction of sp³-hybridized carbons (Fsp3) is 0.750. The lowest BCUT2D eigenvalue weighted by Crippen LogP contribution is -2.42. The maximum absolute atomic E-state index is 11.0. The molecule has 1 saturated heterocycles. The van der Waals surface area contributed by atoms with Gasteiger partial charge < -0.3 is 9.64 Å². The molecule has 0 unspecified atom stereocenters. The van der Waals surface area contributed by atoms with Crippen LogP contribution in [0, 0.1) is 0 Å². The van der Waals surface area contributed by atoms with Crippen molar-refractivity contribution in [3.63, 3.8) is 0 Å². The van der Waals surface area contributed by atoms with Crippen LogP contribution in [0.2, 0.25) is 0 Å². The van der Waals surface area contributed by atoms with Crippen molar-refractivity contribution in [3.05, 3.63) is 0 Å². The smallest absolute Gasteiger partial charge is 0.441 e. The molecule has 1 amide bonds. The second-order valence-electron chi connectivity index (χ2n) is 2.76. The molecule has 0 aliphatic carbocycles. The number of hydrogen-bond donors (Lipinski definition) is 0. The number of ether oxygens (including phenoxy) is 1. The standard InChI is InChI=1S/C8H13NO5/c1-2-12-7(10)6-13-14-8(11)9-4-3-5-9/h2-6H2,1H3. The van der Waals surface area contributed by atoms with Crippen LogP contribution in [-0.2, 0) is 19.3 Å². The van der Waals surface area contributed by atoms with Crippen molar-refractivity contribution in [1.29, 1.82) is 0 Å². The van der Waals surface area contributed by atoms with E-state index in [9.17, 15) is 9.59 Å². The Bertz CT molecular complexity index is 214. The predicted molar refractivity (Wildman–Crippen MR) is 45.3 cm³/mol. The average Bonchev–Trinajstić information content (AvgIpc) is 2.01. The molecule has 6 nitrogen and oxygen atoms in total. The number of nitrogens with zero attached hydrogens (tertiary/aromatic N) is 1. The van der Waals surface area contributed by atoms with Crippen molar-refractivity contribution in [2.24, 2.45) is 0 Å². The van der Waals surface area contributed by atoms with Crippen LogP contribution in [0.25, 0.3) is 0 Å². The normalized spacial score (nSPS) is 14.5. The Kier molecular flexibility index (Phi) is 4.18. The first kappa shape index (κ1) is 10.8. The summed E-state index contributed by atoms with van der Waals surface area (Å²) in [6.07, 6.45) is 0.424. The largest absolute Gasteiger partial charge is 0.464 e. The molecule has 1 aliphatic heterocycles. The number of hydrogen-bond acceptors (Lipinski definition) is 5. The zero-order valence-electron chi connectivity index (χ0n) is 8.02. The van der Waals surface area contributed by atoms with Gasteiger partial charge in [0.1, 0.15) is 0 Å². The molecule has 0 N–H and O–H groups in total. The molecule has 0 aromatic carbocycles. The first-order valence-electron chi connectivity index (χ1n) is 4.48. The summed E-state index contributed by atoms with van der Waals surface area (Å²) >= 11 is 0. The zero-order valence-corrected chi connectivity index (χ0v) is 8.02. The summed E-state index contributed by atoms with van der Waals surface area (Å²) in [5.74, 6) is -0.552. The summed E-state index contributed by atoms with van der Waals surface area (Å²) in [6.45, 7) is 2.96. The van der Waals surface area contributed by atoms with Gasteiger partial charge in [0.05, 0.1) is 6.61 Å². The van der Waals surface area contributed by atoms with E-state index in [4.69, 9.17) is 0 Å². The highest BCUT2D eigenvalue weighted by Crippen LogP contribution is 2.07. The first-order chi connectivity index (χ1) is 6.74. The van der Waals surface area contributed by atoms with E-state index >= 15 is 0 Å². The molecule has 1 rings (SSSR count). The van der Waals surface area contributed by atoms with Gasteiger partial charge in [-0.25, -0.2) is 9.59 Å². The molecule has 0 spiro atoms. The minimum absolute atomic E-state index is 0.280. The molecule has 0 aromatic heterocycles. The monoisotopic (exact) mass is 203 g/mol. The van der Waals surface area contributed by atoms with Crippen LogP contribution in [0.1, 0.15) is 13.3 Å². The van der Waals surface area contributed by atoms with Gasteiger partial charge >= 0.3 is 12.1 Å². The summed E-state index contributed by atoms with van der Waals surface area (Å²) in [6, 6.07) is 0. The fourth-order valence-corrected chi connectivity index (χ4v) is 0.882. The molecule has 1 aliphatic rings. The van der Waals surface area contributed by atoms with Gasteiger partial charge in [0.2, 0.25) is 0 Å². The van der Waals surface area contributed by atoms with Gasteiger partial charge in [-0.3, -0.25) is 4.89 Å². The Balaban J connectivity index is 2.02. The summed E-state index contributed by atoms with van der Waals surface area (Å²) in [4.78, 5) is 31.9. The predicted octanol–water partition coefficient (Wildman–Crippen LogP) is 0.323. The van der Waals surface area contributed by atoms with Crippen LogP contribution in [0.15, 0.2) is 0 Å². The molecule has 6 heteroatoms. The van der Waals surface area contributed by atoms with Gasteiger partial charge in [-0.05, 0) is 13.3 Å². The molecule has 14 heavy (non-hydrogen) atoms. The lowest BCUT2D eigenvalue weighted by Gasteiger charge is -2.28. The van der Waals surface area contributed by atoms with Gasteiger partial charge in [0.25, 0.3) is 0 Å². The molecule has 1 heterocycles. The van der Waals surface area contributed by atoms with Crippen LogP contribution in [0.5, 0.6) is 0 Å². The van der Waals surface area contributed by atoms with Crippen molar-refractivity contribution in [2.75, 3.05) is 26.3 Å². The van der Waals surface area contributed by atoms with E-state index in [1.54, 1.807) is 6.92 Å². The van der Waals surface area contributed by atoms with Crippen molar-refractivity contribution < 1.29 is 24.1 Å². The van der Waals surface area contributed by atoms with E-state index in [0.717, 1.165) is 6.42 Å². The van der Waals surface area contributed by atoms with E-state index < -0.39 is 12.1 Å². The topological polar surface area (TPSA) is 65.1 Å². The van der Waals surface area contributed by atoms with E-state index in [0.29, 0.717) is 13.1 Å². The molecular formula is C8H13NO5. The van der Waals surface area contributed by atoms with E-state index in [2.05, 4.69) is 14.5 Å². The maximum Gasteiger partial charge on any atom is 0.441 e. The highest BCUT2D eigenvalue weighted by Gasteiger charge is 2.22. The molecule has 80 valence electrons. The second kappa shape index (κ2) is 5.43. The lowest BCUT2D eigenvalue weighted by molar-refractivity contribution is -0.249. The highest BCUT2D eigenvalue weighted by atomic mass is 17.2. The van der Waals surface area contributed by atoms with Crippen LogP contribution < -0.4 is 0 Å². The third-order valence-electron chi connectivity index (χ3n) is 1.73. The SMILES string of the molecule is CCOC(=O)COOC(=O)N1CCC1. The average molecular weight is 203 g/mol. The van der Waals surface area contributed by atoms with Gasteiger partial charge in [-0.1, -0.05) is 0 Å². The van der Waals surface area contributed by atoms with E-state index in [1.807, 2.05) is 0 Å². The molecule has 0 aromatic rings. The number of likely N-dealkylation sites (tertiary alicyclic amines) is 1.